The molecule has 88 valence electrons. The molecule has 1 amide bonds. The number of aromatic nitrogens is 2. The normalized spacial score (nSPS) is 12.2. The van der Waals surface area contributed by atoms with Crippen molar-refractivity contribution in [3.8, 4) is 0 Å². The molecule has 1 atom stereocenters. The Hall–Kier alpha value is -0.910. The number of nitrogens with one attached hydrogen (secondary N) is 1. The van der Waals surface area contributed by atoms with E-state index in [1.165, 1.54) is 6.33 Å². The third-order valence-electron chi connectivity index (χ3n) is 1.92. The number of carbonyl (C=O) groups excluding carboxylic acids is 1. The lowest BCUT2D eigenvalue weighted by atomic mass is 10.2. The molecule has 0 saturated heterocycles. The van der Waals surface area contributed by atoms with Crippen LogP contribution in [0.3, 0.4) is 0 Å². The molecular weight excluding hydrogens is 251 g/mol. The molecule has 0 aliphatic carbocycles. The van der Waals surface area contributed by atoms with Gasteiger partial charge in [0.15, 0.2) is 11.0 Å². The van der Waals surface area contributed by atoms with Crippen molar-refractivity contribution in [1.82, 2.24) is 9.97 Å². The van der Waals surface area contributed by atoms with Gasteiger partial charge in [0.05, 0.1) is 6.04 Å². The van der Waals surface area contributed by atoms with Gasteiger partial charge >= 0.3 is 0 Å². The first kappa shape index (κ1) is 13.2. The molecule has 1 aromatic rings. The second-order valence-electron chi connectivity index (χ2n) is 3.21. The van der Waals surface area contributed by atoms with Crippen molar-refractivity contribution < 1.29 is 4.79 Å². The highest BCUT2D eigenvalue weighted by Gasteiger charge is 2.15. The Morgan fingerprint density at radius 2 is 2.25 bits per heavy atom. The van der Waals surface area contributed by atoms with Crippen molar-refractivity contribution in [2.24, 2.45) is 5.73 Å². The highest BCUT2D eigenvalue weighted by molar-refractivity contribution is 6.42. The van der Waals surface area contributed by atoms with E-state index >= 15 is 0 Å². The van der Waals surface area contributed by atoms with Crippen molar-refractivity contribution in [3.63, 3.8) is 0 Å². The first-order valence-electron chi connectivity index (χ1n) is 4.78. The SMILES string of the molecule is CCC[C@H](N)C(=O)Nc1ncnc(Cl)c1Cl. The molecule has 0 unspecified atom stereocenters. The second-order valence-corrected chi connectivity index (χ2v) is 3.95. The highest BCUT2D eigenvalue weighted by Crippen LogP contribution is 2.25. The molecule has 0 aliphatic heterocycles. The number of carbonyl (C=O) groups is 1. The average Bonchev–Trinajstić information content (AvgIpc) is 2.25. The zero-order chi connectivity index (χ0) is 12.1. The maximum absolute atomic E-state index is 11.6. The molecule has 0 spiro atoms. The van der Waals surface area contributed by atoms with Crippen molar-refractivity contribution in [2.45, 2.75) is 25.8 Å². The summed E-state index contributed by atoms with van der Waals surface area (Å²) >= 11 is 11.5. The maximum Gasteiger partial charge on any atom is 0.242 e. The molecule has 16 heavy (non-hydrogen) atoms. The Bertz CT molecular complexity index is 386. The van der Waals surface area contributed by atoms with Crippen LogP contribution in [0.2, 0.25) is 10.2 Å². The smallest absolute Gasteiger partial charge is 0.242 e. The van der Waals surface area contributed by atoms with Gasteiger partial charge in [-0.05, 0) is 6.42 Å². The summed E-state index contributed by atoms with van der Waals surface area (Å²) in [6.07, 6.45) is 2.64. The first-order valence-corrected chi connectivity index (χ1v) is 5.54. The molecule has 0 fully saturated rings. The molecule has 1 rings (SSSR count). The van der Waals surface area contributed by atoms with E-state index in [0.717, 1.165) is 6.42 Å². The maximum atomic E-state index is 11.6. The summed E-state index contributed by atoms with van der Waals surface area (Å²) in [6, 6.07) is -0.574. The molecule has 5 nitrogen and oxygen atoms in total. The van der Waals surface area contributed by atoms with E-state index in [1.54, 1.807) is 0 Å². The minimum absolute atomic E-state index is 0.0935. The minimum Gasteiger partial charge on any atom is -0.320 e. The Morgan fingerprint density at radius 1 is 1.56 bits per heavy atom. The van der Waals surface area contributed by atoms with Gasteiger partial charge in [0.2, 0.25) is 5.91 Å². The van der Waals surface area contributed by atoms with Crippen LogP contribution in [0.15, 0.2) is 6.33 Å². The number of nitrogens with zero attached hydrogens (tertiary/aromatic N) is 2. The first-order chi connectivity index (χ1) is 7.56. The summed E-state index contributed by atoms with van der Waals surface area (Å²) < 4.78 is 0. The van der Waals surface area contributed by atoms with Crippen LogP contribution in [-0.2, 0) is 4.79 Å². The Morgan fingerprint density at radius 3 is 2.88 bits per heavy atom. The number of hydrogen-bond acceptors (Lipinski definition) is 4. The molecule has 1 heterocycles. The molecular formula is C9H12Cl2N4O. The lowest BCUT2D eigenvalue weighted by Gasteiger charge is -2.11. The average molecular weight is 263 g/mol. The summed E-state index contributed by atoms with van der Waals surface area (Å²) in [5.41, 5.74) is 5.63. The number of halogens is 2. The number of hydrogen-bond donors (Lipinski definition) is 2. The fraction of sp³-hybridized carbons (Fsp3) is 0.444. The van der Waals surface area contributed by atoms with Crippen LogP contribution in [-0.4, -0.2) is 21.9 Å². The van der Waals surface area contributed by atoms with Crippen LogP contribution in [0.25, 0.3) is 0 Å². The van der Waals surface area contributed by atoms with Crippen LogP contribution in [0.4, 0.5) is 5.82 Å². The predicted octanol–water partition coefficient (Wildman–Crippen LogP) is 1.85. The number of amides is 1. The van der Waals surface area contributed by atoms with Gasteiger partial charge in [-0.2, -0.15) is 0 Å². The van der Waals surface area contributed by atoms with Gasteiger partial charge in [0.1, 0.15) is 11.3 Å². The Balaban J connectivity index is 2.73. The monoisotopic (exact) mass is 262 g/mol. The van der Waals surface area contributed by atoms with Crippen LogP contribution < -0.4 is 11.1 Å². The standard InChI is InChI=1S/C9H12Cl2N4O/c1-2-3-5(12)9(16)15-8-6(10)7(11)13-4-14-8/h4-5H,2-3,12H2,1H3,(H,13,14,15,16)/t5-/m0/s1. The van der Waals surface area contributed by atoms with Crippen molar-refractivity contribution in [2.75, 3.05) is 5.32 Å². The zero-order valence-electron chi connectivity index (χ0n) is 8.70. The molecule has 7 heteroatoms. The lowest BCUT2D eigenvalue weighted by molar-refractivity contribution is -0.117. The highest BCUT2D eigenvalue weighted by atomic mass is 35.5. The lowest BCUT2D eigenvalue weighted by Crippen LogP contribution is -2.35. The van der Waals surface area contributed by atoms with E-state index in [2.05, 4.69) is 15.3 Å². The fourth-order valence-electron chi connectivity index (χ4n) is 1.09. The molecule has 1 aromatic heterocycles. The van der Waals surface area contributed by atoms with Crippen LogP contribution in [0.5, 0.6) is 0 Å². The van der Waals surface area contributed by atoms with Crippen molar-refractivity contribution in [3.05, 3.63) is 16.5 Å². The molecule has 0 saturated carbocycles. The van der Waals surface area contributed by atoms with Crippen LogP contribution in [0, 0.1) is 0 Å². The van der Waals surface area contributed by atoms with Crippen molar-refractivity contribution >= 4 is 34.9 Å². The summed E-state index contributed by atoms with van der Waals surface area (Å²) in [6.45, 7) is 1.95. The van der Waals surface area contributed by atoms with Gasteiger partial charge < -0.3 is 11.1 Å². The fourth-order valence-corrected chi connectivity index (χ4v) is 1.36. The van der Waals surface area contributed by atoms with Gasteiger partial charge in [-0.3, -0.25) is 4.79 Å². The van der Waals surface area contributed by atoms with Gasteiger partial charge in [0, 0.05) is 0 Å². The van der Waals surface area contributed by atoms with Gasteiger partial charge in [-0.1, -0.05) is 36.5 Å². The quantitative estimate of drug-likeness (QED) is 0.812. The largest absolute Gasteiger partial charge is 0.320 e. The predicted molar refractivity (Wildman–Crippen MR) is 63.6 cm³/mol. The summed E-state index contributed by atoms with van der Waals surface area (Å²) in [5, 5.41) is 2.71. The molecule has 0 aromatic carbocycles. The number of rotatable bonds is 4. The summed E-state index contributed by atoms with van der Waals surface area (Å²) in [4.78, 5) is 19.0. The summed E-state index contributed by atoms with van der Waals surface area (Å²) in [5.74, 6) is -0.156. The van der Waals surface area contributed by atoms with Crippen LogP contribution in [0.1, 0.15) is 19.8 Å². The Labute approximate surface area is 103 Å². The van der Waals surface area contributed by atoms with E-state index in [4.69, 9.17) is 28.9 Å². The number of nitrogens with two attached hydrogens (primary N) is 1. The third-order valence-corrected chi connectivity index (χ3v) is 2.67. The zero-order valence-corrected chi connectivity index (χ0v) is 10.2. The van der Waals surface area contributed by atoms with E-state index in [0.29, 0.717) is 6.42 Å². The topological polar surface area (TPSA) is 80.9 Å². The molecule has 0 aliphatic rings. The van der Waals surface area contributed by atoms with Gasteiger partial charge in [0.25, 0.3) is 0 Å². The van der Waals surface area contributed by atoms with Gasteiger partial charge in [-0.15, -0.1) is 0 Å². The van der Waals surface area contributed by atoms with E-state index < -0.39 is 6.04 Å². The number of anilines is 1. The minimum atomic E-state index is -0.574. The van der Waals surface area contributed by atoms with E-state index in [9.17, 15) is 4.79 Å². The Kier molecular flexibility index (Phi) is 4.92. The van der Waals surface area contributed by atoms with Gasteiger partial charge in [-0.25, -0.2) is 9.97 Å². The van der Waals surface area contributed by atoms with E-state index in [1.807, 2.05) is 6.92 Å². The molecule has 3 N–H and O–H groups in total. The van der Waals surface area contributed by atoms with E-state index in [-0.39, 0.29) is 21.9 Å². The van der Waals surface area contributed by atoms with Crippen molar-refractivity contribution in [1.29, 1.82) is 0 Å². The van der Waals surface area contributed by atoms with Crippen LogP contribution >= 0.6 is 23.2 Å². The molecule has 0 bridgehead atoms. The second kappa shape index (κ2) is 5.98. The third kappa shape index (κ3) is 3.30. The molecule has 0 radical (unpaired) electrons. The summed E-state index contributed by atoms with van der Waals surface area (Å²) in [7, 11) is 0.